The number of carbonyl (C=O) groups is 1. The van der Waals surface area contributed by atoms with Crippen LogP contribution in [0.1, 0.15) is 54.6 Å². The van der Waals surface area contributed by atoms with Crippen LogP contribution in [0.2, 0.25) is 0 Å². The van der Waals surface area contributed by atoms with Gasteiger partial charge in [-0.15, -0.1) is 0 Å². The van der Waals surface area contributed by atoms with E-state index in [1.54, 1.807) is 37.1 Å². The third-order valence-corrected chi connectivity index (χ3v) is 10.2. The number of rotatable bonds is 11. The molecular formula is C38H42N12O3. The number of amides is 2. The molecule has 272 valence electrons. The van der Waals surface area contributed by atoms with Crippen LogP contribution >= 0.6 is 0 Å². The fourth-order valence-electron chi connectivity index (χ4n) is 7.38. The van der Waals surface area contributed by atoms with Gasteiger partial charge in [-0.1, -0.05) is 67.6 Å². The predicted molar refractivity (Wildman–Crippen MR) is 200 cm³/mol. The van der Waals surface area contributed by atoms with Crippen molar-refractivity contribution in [3.05, 3.63) is 115 Å². The zero-order chi connectivity index (χ0) is 36.3. The van der Waals surface area contributed by atoms with Gasteiger partial charge in [-0.05, 0) is 42.5 Å². The maximum Gasteiger partial charge on any atom is 0.319 e. The Morgan fingerprint density at radius 3 is 2.36 bits per heavy atom. The van der Waals surface area contributed by atoms with Gasteiger partial charge in [-0.2, -0.15) is 25.0 Å². The van der Waals surface area contributed by atoms with Gasteiger partial charge in [0.1, 0.15) is 18.2 Å². The first-order chi connectivity index (χ1) is 25.9. The summed E-state index contributed by atoms with van der Waals surface area (Å²) < 4.78 is 1.84. The van der Waals surface area contributed by atoms with Crippen LogP contribution in [0.25, 0.3) is 11.2 Å². The van der Waals surface area contributed by atoms with Gasteiger partial charge in [-0.25, -0.2) is 9.78 Å². The number of hydrogen-bond donors (Lipinski definition) is 5. The van der Waals surface area contributed by atoms with E-state index >= 15 is 0 Å². The first-order valence-electron chi connectivity index (χ1n) is 18.0. The Bertz CT molecular complexity index is 2110. The maximum absolute atomic E-state index is 12.8. The molecule has 0 radical (unpaired) electrons. The molecule has 6 aromatic rings. The number of pyridine rings is 1. The first kappa shape index (κ1) is 34.2. The summed E-state index contributed by atoms with van der Waals surface area (Å²) in [6.45, 7) is 3.64. The lowest BCUT2D eigenvalue weighted by Gasteiger charge is -2.22. The van der Waals surface area contributed by atoms with Crippen molar-refractivity contribution in [2.24, 2.45) is 0 Å². The van der Waals surface area contributed by atoms with Crippen LogP contribution in [-0.2, 0) is 6.42 Å². The van der Waals surface area contributed by atoms with Gasteiger partial charge < -0.3 is 35.6 Å². The van der Waals surface area contributed by atoms with Crippen molar-refractivity contribution >= 4 is 34.6 Å². The van der Waals surface area contributed by atoms with Crippen LogP contribution in [-0.4, -0.2) is 93.6 Å². The number of nitrogens with one attached hydrogen (secondary N) is 3. The van der Waals surface area contributed by atoms with E-state index in [0.29, 0.717) is 67.5 Å². The number of benzene rings is 2. The summed E-state index contributed by atoms with van der Waals surface area (Å²) >= 11 is 0. The number of anilines is 3. The number of urea groups is 1. The van der Waals surface area contributed by atoms with Crippen LogP contribution in [0.5, 0.6) is 0 Å². The zero-order valence-electron chi connectivity index (χ0n) is 29.3. The molecule has 15 heteroatoms. The van der Waals surface area contributed by atoms with Crippen molar-refractivity contribution in [3.8, 4) is 0 Å². The Hall–Kier alpha value is -5.93. The van der Waals surface area contributed by atoms with Crippen molar-refractivity contribution in [3.63, 3.8) is 0 Å². The Labute approximate surface area is 306 Å². The van der Waals surface area contributed by atoms with Gasteiger partial charge >= 0.3 is 6.03 Å². The molecule has 15 nitrogen and oxygen atoms in total. The van der Waals surface area contributed by atoms with E-state index in [1.165, 1.54) is 4.80 Å². The molecule has 2 fully saturated rings. The van der Waals surface area contributed by atoms with Crippen LogP contribution in [0.15, 0.2) is 97.7 Å². The second-order valence-electron chi connectivity index (χ2n) is 13.6. The van der Waals surface area contributed by atoms with Crippen molar-refractivity contribution < 1.29 is 15.0 Å². The molecule has 1 saturated carbocycles. The van der Waals surface area contributed by atoms with Crippen LogP contribution in [0.3, 0.4) is 0 Å². The molecule has 1 aliphatic heterocycles. The number of aliphatic hydroxyl groups is 2. The topological polar surface area (TPSA) is 184 Å². The zero-order valence-corrected chi connectivity index (χ0v) is 29.3. The minimum atomic E-state index is -1.11. The molecule has 1 unspecified atom stereocenters. The molecule has 4 aromatic heterocycles. The summed E-state index contributed by atoms with van der Waals surface area (Å²) in [6, 6.07) is 22.6. The monoisotopic (exact) mass is 714 g/mol. The minimum Gasteiger partial charge on any atom is -0.388 e. The molecule has 0 spiro atoms. The highest BCUT2D eigenvalue weighted by molar-refractivity contribution is 5.89. The summed E-state index contributed by atoms with van der Waals surface area (Å²) in [5, 5.41) is 41.0. The Morgan fingerprint density at radius 2 is 1.66 bits per heavy atom. The highest BCUT2D eigenvalue weighted by Crippen LogP contribution is 2.40. The number of nitrogens with zero attached hydrogens (tertiary/aromatic N) is 9. The van der Waals surface area contributed by atoms with Crippen LogP contribution in [0, 0.1) is 0 Å². The third kappa shape index (κ3) is 7.12. The second-order valence-corrected chi connectivity index (χ2v) is 13.6. The lowest BCUT2D eigenvalue weighted by atomic mass is 9.91. The van der Waals surface area contributed by atoms with Crippen molar-refractivity contribution in [2.45, 2.75) is 62.4 Å². The summed E-state index contributed by atoms with van der Waals surface area (Å²) in [5.74, 6) is 1.05. The number of aryl methyl sites for hydroxylation is 1. The van der Waals surface area contributed by atoms with Crippen molar-refractivity contribution in [2.75, 3.05) is 35.2 Å². The second kappa shape index (κ2) is 15.0. The van der Waals surface area contributed by atoms with E-state index in [2.05, 4.69) is 55.4 Å². The number of hydrogen-bond acceptors (Lipinski definition) is 11. The quantitative estimate of drug-likeness (QED) is 0.131. The molecule has 5 N–H and O–H groups in total. The van der Waals surface area contributed by atoms with E-state index in [4.69, 9.17) is 15.0 Å². The SMILES string of the molecule is CCc1cnn([C@H]2C[C@@H](n3cnc4c(NCC(c5ccccc5)c5ccccc5)nc(N5CCC(NC(=O)Nc6ccncc6)C5)nc43)[C@H](O)[C@@H]2O)n1. The fraction of sp³-hybridized carbons (Fsp3) is 0.342. The van der Waals surface area contributed by atoms with Crippen molar-refractivity contribution in [1.29, 1.82) is 0 Å². The third-order valence-electron chi connectivity index (χ3n) is 10.2. The standard InChI is InChI=1S/C38H42N12O3/c1-2-26-20-42-50(47-26)31-19-30(33(51)34(31)52)49-23-41-32-35(40-21-29(24-9-5-3-6-10-24)25-11-7-4-8-12-25)45-37(46-36(32)49)48-18-15-28(22-48)44-38(53)43-27-13-16-39-17-14-27/h3-14,16-17,20,23,28-31,33-34,51-52H,2,15,18-19,21-22H2,1H3,(H,40,45,46)(H2,39,43,44,53)/t28?,30-,31+,33+,34-/m1/s1. The largest absolute Gasteiger partial charge is 0.388 e. The molecule has 1 saturated heterocycles. The van der Waals surface area contributed by atoms with Gasteiger partial charge in [0.15, 0.2) is 17.0 Å². The molecule has 2 aromatic carbocycles. The summed E-state index contributed by atoms with van der Waals surface area (Å²) in [4.78, 5) is 35.2. The van der Waals surface area contributed by atoms with Gasteiger partial charge in [0.2, 0.25) is 5.95 Å². The predicted octanol–water partition coefficient (Wildman–Crippen LogP) is 3.93. The molecule has 8 rings (SSSR count). The van der Waals surface area contributed by atoms with Gasteiger partial charge in [0.25, 0.3) is 0 Å². The minimum absolute atomic E-state index is 0.0226. The molecule has 1 aliphatic carbocycles. The van der Waals surface area contributed by atoms with E-state index in [-0.39, 0.29) is 18.0 Å². The van der Waals surface area contributed by atoms with Gasteiger partial charge in [-0.3, -0.25) is 4.98 Å². The molecule has 0 bridgehead atoms. The summed E-state index contributed by atoms with van der Waals surface area (Å²) in [6.07, 6.45) is 6.20. The number of aliphatic hydroxyl groups excluding tert-OH is 2. The summed E-state index contributed by atoms with van der Waals surface area (Å²) in [5.41, 5.74) is 4.87. The van der Waals surface area contributed by atoms with E-state index in [0.717, 1.165) is 16.8 Å². The smallest absolute Gasteiger partial charge is 0.319 e. The Morgan fingerprint density at radius 1 is 0.943 bits per heavy atom. The average Bonchev–Trinajstić information content (AvgIpc) is 4.00. The van der Waals surface area contributed by atoms with E-state index in [9.17, 15) is 15.0 Å². The maximum atomic E-state index is 12.8. The highest BCUT2D eigenvalue weighted by atomic mass is 16.3. The normalized spacial score (nSPS) is 21.4. The van der Waals surface area contributed by atoms with Gasteiger partial charge in [0.05, 0.1) is 24.3 Å². The molecule has 2 amide bonds. The number of imidazole rings is 1. The first-order valence-corrected chi connectivity index (χ1v) is 18.0. The van der Waals surface area contributed by atoms with E-state index < -0.39 is 24.3 Å². The molecular weight excluding hydrogens is 672 g/mol. The van der Waals surface area contributed by atoms with Crippen molar-refractivity contribution in [1.82, 2.24) is 44.8 Å². The number of aromatic nitrogens is 8. The van der Waals surface area contributed by atoms with Crippen LogP contribution < -0.4 is 20.9 Å². The molecule has 2 aliphatic rings. The Kier molecular flexibility index (Phi) is 9.65. The lowest BCUT2D eigenvalue weighted by molar-refractivity contribution is 0.00497. The number of carbonyl (C=O) groups excluding carboxylic acids is 1. The van der Waals surface area contributed by atoms with E-state index in [1.807, 2.05) is 52.8 Å². The molecule has 5 atom stereocenters. The fourth-order valence-corrected chi connectivity index (χ4v) is 7.38. The van der Waals surface area contributed by atoms with Gasteiger partial charge in [0, 0.05) is 49.7 Å². The highest BCUT2D eigenvalue weighted by Gasteiger charge is 2.45. The Balaban J connectivity index is 1.10. The summed E-state index contributed by atoms with van der Waals surface area (Å²) in [7, 11) is 0. The van der Waals surface area contributed by atoms with Crippen LogP contribution in [0.4, 0.5) is 22.2 Å². The number of fused-ring (bicyclic) bond motifs is 1. The average molecular weight is 715 g/mol. The molecule has 53 heavy (non-hydrogen) atoms. The lowest BCUT2D eigenvalue weighted by Crippen LogP contribution is -2.40. The molecule has 5 heterocycles.